The molecule has 0 aromatic carbocycles. The van der Waals surface area contributed by atoms with Crippen molar-refractivity contribution in [3.05, 3.63) is 0 Å². The summed E-state index contributed by atoms with van der Waals surface area (Å²) in [5, 5.41) is 5.90. The van der Waals surface area contributed by atoms with Gasteiger partial charge in [0, 0.05) is 13.2 Å². The Balaban J connectivity index is 1.89. The quantitative estimate of drug-likeness (QED) is 0.657. The fraction of sp³-hybridized carbons (Fsp3) is 0.900. The summed E-state index contributed by atoms with van der Waals surface area (Å²) in [6, 6.07) is 0. The van der Waals surface area contributed by atoms with Crippen LogP contribution in [0.15, 0.2) is 0 Å². The van der Waals surface area contributed by atoms with Gasteiger partial charge in [0.2, 0.25) is 0 Å². The number of ether oxygens (including phenoxy) is 2. The van der Waals surface area contributed by atoms with E-state index in [0.717, 1.165) is 32.4 Å². The van der Waals surface area contributed by atoms with E-state index in [0.29, 0.717) is 19.3 Å². The maximum atomic E-state index is 10.7. The molecule has 1 aliphatic rings. The highest BCUT2D eigenvalue weighted by molar-refractivity contribution is 5.66. The first kappa shape index (κ1) is 12.3. The van der Waals surface area contributed by atoms with Crippen molar-refractivity contribution < 1.29 is 14.3 Å². The summed E-state index contributed by atoms with van der Waals surface area (Å²) in [5.74, 6) is 0. The summed E-state index contributed by atoms with van der Waals surface area (Å²) in [6.45, 7) is 3.41. The molecule has 2 N–H and O–H groups in total. The predicted molar refractivity (Wildman–Crippen MR) is 56.9 cm³/mol. The predicted octanol–water partition coefficient (Wildman–Crippen LogP) is 0.501. The van der Waals surface area contributed by atoms with Crippen LogP contribution >= 0.6 is 0 Å². The third kappa shape index (κ3) is 5.59. The zero-order valence-corrected chi connectivity index (χ0v) is 9.25. The highest BCUT2D eigenvalue weighted by Crippen LogP contribution is 2.06. The Morgan fingerprint density at radius 2 is 2.20 bits per heavy atom. The van der Waals surface area contributed by atoms with Crippen LogP contribution in [0.3, 0.4) is 0 Å². The van der Waals surface area contributed by atoms with E-state index in [9.17, 15) is 4.79 Å². The average Bonchev–Trinajstić information content (AvgIpc) is 2.29. The molecule has 5 heteroatoms. The van der Waals surface area contributed by atoms with Gasteiger partial charge in [-0.05, 0) is 32.4 Å². The first-order valence-corrected chi connectivity index (χ1v) is 5.47. The van der Waals surface area contributed by atoms with Crippen LogP contribution in [0.1, 0.15) is 19.3 Å². The molecule has 0 saturated carbocycles. The van der Waals surface area contributed by atoms with Crippen LogP contribution < -0.4 is 10.6 Å². The Morgan fingerprint density at radius 3 is 2.87 bits per heavy atom. The lowest BCUT2D eigenvalue weighted by molar-refractivity contribution is 0.0318. The minimum Gasteiger partial charge on any atom is -0.453 e. The van der Waals surface area contributed by atoms with Gasteiger partial charge >= 0.3 is 6.09 Å². The van der Waals surface area contributed by atoms with Crippen molar-refractivity contribution in [1.29, 1.82) is 0 Å². The molecule has 0 bridgehead atoms. The molecule has 0 aromatic rings. The number of methoxy groups -OCH3 is 1. The molecule has 88 valence electrons. The zero-order valence-electron chi connectivity index (χ0n) is 9.25. The van der Waals surface area contributed by atoms with Crippen LogP contribution in [0.2, 0.25) is 0 Å². The van der Waals surface area contributed by atoms with Gasteiger partial charge in [-0.25, -0.2) is 4.79 Å². The monoisotopic (exact) mass is 216 g/mol. The van der Waals surface area contributed by atoms with Crippen LogP contribution in [0, 0.1) is 0 Å². The second kappa shape index (κ2) is 7.48. The van der Waals surface area contributed by atoms with Crippen molar-refractivity contribution in [2.24, 2.45) is 0 Å². The molecular weight excluding hydrogens is 196 g/mol. The van der Waals surface area contributed by atoms with Gasteiger partial charge in [0.1, 0.15) is 0 Å². The molecule has 0 atom stereocenters. The Morgan fingerprint density at radius 1 is 1.47 bits per heavy atom. The lowest BCUT2D eigenvalue weighted by atomic mass is 10.1. The number of carbonyl (C=O) groups excluding carboxylic acids is 1. The number of amides is 1. The Hall–Kier alpha value is -0.810. The molecule has 1 rings (SSSR count). The maximum Gasteiger partial charge on any atom is 0.406 e. The van der Waals surface area contributed by atoms with Gasteiger partial charge < -0.3 is 20.1 Å². The molecule has 0 unspecified atom stereocenters. The van der Waals surface area contributed by atoms with E-state index < -0.39 is 0 Å². The molecular formula is C10H20N2O3. The van der Waals surface area contributed by atoms with Crippen LogP contribution in [0.5, 0.6) is 0 Å². The number of hydrogen-bond donors (Lipinski definition) is 2. The summed E-state index contributed by atoms with van der Waals surface area (Å²) in [7, 11) is 1.36. The molecule has 1 saturated heterocycles. The number of nitrogens with one attached hydrogen (secondary N) is 2. The average molecular weight is 216 g/mol. The van der Waals surface area contributed by atoms with Crippen LogP contribution in [-0.4, -0.2) is 45.5 Å². The van der Waals surface area contributed by atoms with Gasteiger partial charge in [-0.15, -0.1) is 0 Å². The Kier molecular flexibility index (Phi) is 6.11. The number of carbonyl (C=O) groups is 1. The number of rotatable bonds is 5. The third-order valence-electron chi connectivity index (χ3n) is 2.42. The van der Waals surface area contributed by atoms with Gasteiger partial charge in [-0.1, -0.05) is 0 Å². The fourth-order valence-corrected chi connectivity index (χ4v) is 1.55. The fourth-order valence-electron chi connectivity index (χ4n) is 1.55. The van der Waals surface area contributed by atoms with Crippen molar-refractivity contribution in [1.82, 2.24) is 10.6 Å². The highest BCUT2D eigenvalue weighted by Gasteiger charge is 2.12. The largest absolute Gasteiger partial charge is 0.453 e. The van der Waals surface area contributed by atoms with E-state index in [4.69, 9.17) is 4.74 Å². The third-order valence-corrected chi connectivity index (χ3v) is 2.42. The Labute approximate surface area is 90.5 Å². The van der Waals surface area contributed by atoms with Crippen LogP contribution in [-0.2, 0) is 9.47 Å². The minimum atomic E-state index is -0.378. The molecule has 1 aliphatic heterocycles. The summed E-state index contributed by atoms with van der Waals surface area (Å²) >= 11 is 0. The number of alkyl carbamates (subject to hydrolysis) is 1. The summed E-state index contributed by atoms with van der Waals surface area (Å²) < 4.78 is 10.1. The van der Waals surface area contributed by atoms with Crippen molar-refractivity contribution >= 4 is 6.09 Å². The summed E-state index contributed by atoms with van der Waals surface area (Å²) in [6.07, 6.45) is 3.02. The lowest BCUT2D eigenvalue weighted by Crippen LogP contribution is -2.33. The van der Waals surface area contributed by atoms with Gasteiger partial charge in [0.05, 0.1) is 13.2 Å². The molecule has 0 aliphatic carbocycles. The van der Waals surface area contributed by atoms with Crippen LogP contribution in [0.25, 0.3) is 0 Å². The van der Waals surface area contributed by atoms with Crippen molar-refractivity contribution in [2.75, 3.05) is 33.4 Å². The molecule has 0 radical (unpaired) electrons. The first-order valence-electron chi connectivity index (χ1n) is 5.47. The van der Waals surface area contributed by atoms with Crippen molar-refractivity contribution in [2.45, 2.75) is 25.4 Å². The van der Waals surface area contributed by atoms with E-state index in [1.807, 2.05) is 0 Å². The van der Waals surface area contributed by atoms with Gasteiger partial charge in [0.15, 0.2) is 0 Å². The van der Waals surface area contributed by atoms with Gasteiger partial charge in [-0.2, -0.15) is 0 Å². The topological polar surface area (TPSA) is 59.6 Å². The van der Waals surface area contributed by atoms with Crippen molar-refractivity contribution in [3.8, 4) is 0 Å². The molecule has 0 spiro atoms. The second-order valence-electron chi connectivity index (χ2n) is 3.59. The van der Waals surface area contributed by atoms with E-state index >= 15 is 0 Å². The first-order chi connectivity index (χ1) is 7.33. The van der Waals surface area contributed by atoms with E-state index in [2.05, 4.69) is 15.4 Å². The molecule has 15 heavy (non-hydrogen) atoms. The molecule has 1 heterocycles. The molecule has 0 aromatic heterocycles. The smallest absolute Gasteiger partial charge is 0.406 e. The van der Waals surface area contributed by atoms with E-state index in [1.54, 1.807) is 0 Å². The molecule has 1 amide bonds. The lowest BCUT2D eigenvalue weighted by Gasteiger charge is -2.22. The zero-order chi connectivity index (χ0) is 10.9. The number of hydrogen-bond acceptors (Lipinski definition) is 4. The maximum absolute atomic E-state index is 10.7. The number of piperidine rings is 1. The summed E-state index contributed by atoms with van der Waals surface area (Å²) in [5.41, 5.74) is 0. The van der Waals surface area contributed by atoms with E-state index in [-0.39, 0.29) is 6.09 Å². The normalized spacial score (nSPS) is 17.4. The Bertz CT molecular complexity index is 182. The van der Waals surface area contributed by atoms with Gasteiger partial charge in [0.25, 0.3) is 0 Å². The minimum absolute atomic E-state index is 0.378. The second-order valence-corrected chi connectivity index (χ2v) is 3.59. The molecule has 5 nitrogen and oxygen atoms in total. The standard InChI is InChI=1S/C10H20N2O3/c1-14-10(13)12-5-2-8-15-9-3-6-11-7-4-9/h9,11H,2-8H2,1H3,(H,12,13). The van der Waals surface area contributed by atoms with E-state index in [1.165, 1.54) is 7.11 Å². The SMILES string of the molecule is COC(=O)NCCCOC1CCNCC1. The summed E-state index contributed by atoms with van der Waals surface area (Å²) in [4.78, 5) is 10.7. The highest BCUT2D eigenvalue weighted by atomic mass is 16.5. The molecule has 1 fully saturated rings. The van der Waals surface area contributed by atoms with Crippen LogP contribution in [0.4, 0.5) is 4.79 Å². The van der Waals surface area contributed by atoms with Crippen molar-refractivity contribution in [3.63, 3.8) is 0 Å². The van der Waals surface area contributed by atoms with Gasteiger partial charge in [-0.3, -0.25) is 0 Å².